The zero-order chi connectivity index (χ0) is 14.8. The van der Waals surface area contributed by atoms with E-state index in [1.165, 1.54) is 6.07 Å². The fraction of sp³-hybridized carbons (Fsp3) is 0.133. The van der Waals surface area contributed by atoms with E-state index in [9.17, 15) is 8.78 Å². The number of nitrogens with two attached hydrogens (primary N) is 1. The zero-order valence-corrected chi connectivity index (χ0v) is 11.8. The second kappa shape index (κ2) is 5.85. The molecule has 0 aliphatic carbocycles. The van der Waals surface area contributed by atoms with E-state index in [0.717, 1.165) is 21.8 Å². The van der Waals surface area contributed by atoms with Crippen LogP contribution < -0.4 is 11.3 Å². The highest BCUT2D eigenvalue weighted by Gasteiger charge is 2.16. The Labute approximate surface area is 124 Å². The lowest BCUT2D eigenvalue weighted by Gasteiger charge is -2.16. The summed E-state index contributed by atoms with van der Waals surface area (Å²) >= 11 is 1.58. The summed E-state index contributed by atoms with van der Waals surface area (Å²) in [5, 5.41) is 1.96. The maximum atomic E-state index is 13.8. The molecular weight excluding hydrogens is 292 g/mol. The number of rotatable bonds is 4. The van der Waals surface area contributed by atoms with Gasteiger partial charge in [-0.05, 0) is 41.1 Å². The molecule has 21 heavy (non-hydrogen) atoms. The van der Waals surface area contributed by atoms with Crippen LogP contribution in [0.25, 0.3) is 10.2 Å². The average molecular weight is 305 g/mol. The fourth-order valence-electron chi connectivity index (χ4n) is 2.25. The summed E-state index contributed by atoms with van der Waals surface area (Å²) < 4.78 is 28.1. The molecule has 0 spiro atoms. The Bertz CT molecular complexity index is 772. The molecule has 3 N–H and O–H groups in total. The van der Waals surface area contributed by atoms with Gasteiger partial charge in [-0.15, -0.1) is 11.3 Å². The van der Waals surface area contributed by atoms with Crippen molar-refractivity contribution in [2.45, 2.75) is 12.5 Å². The number of pyridine rings is 1. The molecule has 108 valence electrons. The number of thiophene rings is 1. The summed E-state index contributed by atoms with van der Waals surface area (Å²) in [6.07, 6.45) is 1.95. The van der Waals surface area contributed by atoms with Gasteiger partial charge in [-0.3, -0.25) is 16.3 Å². The number of nitrogens with zero attached hydrogens (tertiary/aromatic N) is 1. The molecule has 1 unspecified atom stereocenters. The fourth-order valence-corrected chi connectivity index (χ4v) is 3.04. The first-order chi connectivity index (χ1) is 10.2. The van der Waals surface area contributed by atoms with E-state index in [4.69, 9.17) is 5.84 Å². The van der Waals surface area contributed by atoms with Crippen LogP contribution in [-0.2, 0) is 6.42 Å². The molecule has 0 bridgehead atoms. The maximum absolute atomic E-state index is 13.8. The normalized spacial score (nSPS) is 12.7. The Morgan fingerprint density at radius 2 is 2.14 bits per heavy atom. The predicted octanol–water partition coefficient (Wildman–Crippen LogP) is 3.32. The first-order valence-electron chi connectivity index (χ1n) is 6.41. The summed E-state index contributed by atoms with van der Waals surface area (Å²) in [6.45, 7) is 0. The minimum atomic E-state index is -0.852. The van der Waals surface area contributed by atoms with Gasteiger partial charge >= 0.3 is 0 Å². The second-order valence-electron chi connectivity index (χ2n) is 4.71. The molecule has 0 saturated heterocycles. The van der Waals surface area contributed by atoms with Crippen LogP contribution in [-0.4, -0.2) is 4.98 Å². The monoisotopic (exact) mass is 305 g/mol. The molecule has 2 aromatic heterocycles. The van der Waals surface area contributed by atoms with Crippen molar-refractivity contribution in [3.05, 3.63) is 64.7 Å². The summed E-state index contributed by atoms with van der Waals surface area (Å²) in [7, 11) is 0. The highest BCUT2D eigenvalue weighted by molar-refractivity contribution is 7.17. The Hall–Kier alpha value is -1.89. The highest BCUT2D eigenvalue weighted by atomic mass is 32.1. The number of hydrazine groups is 1. The van der Waals surface area contributed by atoms with Crippen molar-refractivity contribution in [3.8, 4) is 0 Å². The quantitative estimate of drug-likeness (QED) is 0.574. The van der Waals surface area contributed by atoms with Crippen LogP contribution in [0.2, 0.25) is 0 Å². The SMILES string of the molecule is NNC(Cc1cccc(F)c1F)c1cnc2ccsc2c1. The van der Waals surface area contributed by atoms with Crippen LogP contribution in [0.15, 0.2) is 41.9 Å². The summed E-state index contributed by atoms with van der Waals surface area (Å²) in [4.78, 5) is 4.34. The van der Waals surface area contributed by atoms with Crippen LogP contribution in [0.3, 0.4) is 0 Å². The third-order valence-electron chi connectivity index (χ3n) is 3.38. The average Bonchev–Trinajstić information content (AvgIpc) is 2.96. The molecule has 0 radical (unpaired) electrons. The van der Waals surface area contributed by atoms with E-state index >= 15 is 0 Å². The van der Waals surface area contributed by atoms with Crippen LogP contribution in [0, 0.1) is 11.6 Å². The van der Waals surface area contributed by atoms with Crippen LogP contribution >= 0.6 is 11.3 Å². The van der Waals surface area contributed by atoms with E-state index in [0.29, 0.717) is 0 Å². The predicted molar refractivity (Wildman–Crippen MR) is 79.7 cm³/mol. The lowest BCUT2D eigenvalue weighted by atomic mass is 10.00. The molecular formula is C15H13F2N3S. The standard InChI is InChI=1S/C15H13F2N3S/c16-11-3-1-2-9(15(11)17)6-13(20-18)10-7-14-12(19-8-10)4-5-21-14/h1-5,7-8,13,20H,6,18H2. The van der Waals surface area contributed by atoms with Gasteiger partial charge in [0.25, 0.3) is 0 Å². The third kappa shape index (κ3) is 2.78. The molecule has 1 aromatic carbocycles. The molecule has 3 aromatic rings. The molecule has 1 atom stereocenters. The van der Waals surface area contributed by atoms with E-state index in [-0.39, 0.29) is 18.0 Å². The van der Waals surface area contributed by atoms with E-state index < -0.39 is 11.6 Å². The van der Waals surface area contributed by atoms with Crippen LogP contribution in [0.5, 0.6) is 0 Å². The van der Waals surface area contributed by atoms with Crippen LogP contribution in [0.4, 0.5) is 8.78 Å². The minimum absolute atomic E-state index is 0.249. The van der Waals surface area contributed by atoms with Gasteiger partial charge in [0.05, 0.1) is 16.3 Å². The largest absolute Gasteiger partial charge is 0.271 e. The molecule has 2 heterocycles. The summed E-state index contributed by atoms with van der Waals surface area (Å²) in [6, 6.07) is 7.71. The van der Waals surface area contributed by atoms with Crippen molar-refractivity contribution in [1.82, 2.24) is 10.4 Å². The molecule has 0 saturated carbocycles. The molecule has 3 rings (SSSR count). The topological polar surface area (TPSA) is 50.9 Å². The van der Waals surface area contributed by atoms with Gasteiger partial charge in [0.15, 0.2) is 11.6 Å². The number of nitrogens with one attached hydrogen (secondary N) is 1. The number of benzene rings is 1. The number of hydrogen-bond acceptors (Lipinski definition) is 4. The van der Waals surface area contributed by atoms with Crippen molar-refractivity contribution in [1.29, 1.82) is 0 Å². The smallest absolute Gasteiger partial charge is 0.162 e. The summed E-state index contributed by atoms with van der Waals surface area (Å²) in [5.74, 6) is 3.89. The molecule has 0 aliphatic rings. The Balaban J connectivity index is 1.92. The summed E-state index contributed by atoms with van der Waals surface area (Å²) in [5.41, 5.74) is 4.68. The first kappa shape index (κ1) is 14.1. The van der Waals surface area contributed by atoms with E-state index in [1.54, 1.807) is 23.6 Å². The highest BCUT2D eigenvalue weighted by Crippen LogP contribution is 2.25. The van der Waals surface area contributed by atoms with Crippen molar-refractivity contribution < 1.29 is 8.78 Å². The Kier molecular flexibility index (Phi) is 3.92. The van der Waals surface area contributed by atoms with Crippen molar-refractivity contribution in [2.75, 3.05) is 0 Å². The maximum Gasteiger partial charge on any atom is 0.162 e. The number of aromatic nitrogens is 1. The van der Waals surface area contributed by atoms with E-state index in [1.807, 2.05) is 17.5 Å². The van der Waals surface area contributed by atoms with Crippen molar-refractivity contribution in [2.24, 2.45) is 5.84 Å². The van der Waals surface area contributed by atoms with Gasteiger partial charge < -0.3 is 0 Å². The van der Waals surface area contributed by atoms with Gasteiger partial charge in [0.1, 0.15) is 0 Å². The number of halogens is 2. The van der Waals surface area contributed by atoms with Gasteiger partial charge in [0.2, 0.25) is 0 Å². The lowest BCUT2D eigenvalue weighted by molar-refractivity contribution is 0.481. The van der Waals surface area contributed by atoms with Gasteiger partial charge in [-0.1, -0.05) is 12.1 Å². The minimum Gasteiger partial charge on any atom is -0.271 e. The Morgan fingerprint density at radius 3 is 2.95 bits per heavy atom. The molecule has 0 amide bonds. The van der Waals surface area contributed by atoms with Gasteiger partial charge in [-0.2, -0.15) is 0 Å². The van der Waals surface area contributed by atoms with Crippen LogP contribution in [0.1, 0.15) is 17.2 Å². The lowest BCUT2D eigenvalue weighted by Crippen LogP contribution is -2.30. The second-order valence-corrected chi connectivity index (χ2v) is 5.66. The van der Waals surface area contributed by atoms with Crippen molar-refractivity contribution in [3.63, 3.8) is 0 Å². The zero-order valence-electron chi connectivity index (χ0n) is 11.0. The van der Waals surface area contributed by atoms with Crippen molar-refractivity contribution >= 4 is 21.6 Å². The first-order valence-corrected chi connectivity index (χ1v) is 7.29. The number of fused-ring (bicyclic) bond motifs is 1. The molecule has 3 nitrogen and oxygen atoms in total. The van der Waals surface area contributed by atoms with Gasteiger partial charge in [-0.25, -0.2) is 8.78 Å². The molecule has 0 aliphatic heterocycles. The van der Waals surface area contributed by atoms with E-state index in [2.05, 4.69) is 10.4 Å². The number of hydrogen-bond donors (Lipinski definition) is 2. The third-order valence-corrected chi connectivity index (χ3v) is 4.24. The van der Waals surface area contributed by atoms with Gasteiger partial charge in [0, 0.05) is 6.20 Å². The Morgan fingerprint density at radius 1 is 1.29 bits per heavy atom. The molecule has 6 heteroatoms. The molecule has 0 fully saturated rings.